The van der Waals surface area contributed by atoms with Crippen molar-refractivity contribution in [2.75, 3.05) is 6.54 Å². The van der Waals surface area contributed by atoms with Crippen LogP contribution in [0.5, 0.6) is 0 Å². The number of aryl methyl sites for hydroxylation is 2. The third-order valence-corrected chi connectivity index (χ3v) is 5.10. The maximum atomic E-state index is 4.77. The molecule has 1 aliphatic heterocycles. The normalized spacial score (nSPS) is 14.9. The van der Waals surface area contributed by atoms with E-state index in [0.717, 1.165) is 42.5 Å². The molecule has 0 saturated carbocycles. The summed E-state index contributed by atoms with van der Waals surface area (Å²) in [5.41, 5.74) is 4.77. The van der Waals surface area contributed by atoms with Crippen LogP contribution in [0.3, 0.4) is 0 Å². The monoisotopic (exact) mass is 325 g/mol. The molecule has 23 heavy (non-hydrogen) atoms. The molecular weight excluding hydrogens is 306 g/mol. The molecule has 0 spiro atoms. The van der Waals surface area contributed by atoms with Crippen LogP contribution >= 0.6 is 11.3 Å². The first-order chi connectivity index (χ1) is 11.2. The molecule has 0 aliphatic carbocycles. The number of rotatable bonds is 3. The van der Waals surface area contributed by atoms with Crippen LogP contribution in [-0.2, 0) is 26.6 Å². The molecule has 0 fully saturated rings. The lowest BCUT2D eigenvalue weighted by Gasteiger charge is -2.27. The third-order valence-electron chi connectivity index (χ3n) is 4.24. The number of thiophene rings is 1. The molecule has 0 atom stereocenters. The van der Waals surface area contributed by atoms with Crippen LogP contribution in [0.2, 0.25) is 0 Å². The van der Waals surface area contributed by atoms with E-state index in [1.165, 1.54) is 17.0 Å². The summed E-state index contributed by atoms with van der Waals surface area (Å²) in [5.74, 6) is 0.856. The zero-order chi connectivity index (χ0) is 15.8. The van der Waals surface area contributed by atoms with Crippen molar-refractivity contribution in [1.82, 2.24) is 24.6 Å². The van der Waals surface area contributed by atoms with E-state index in [4.69, 9.17) is 4.98 Å². The summed E-state index contributed by atoms with van der Waals surface area (Å²) in [7, 11) is 2.01. The molecule has 118 valence electrons. The van der Waals surface area contributed by atoms with Crippen molar-refractivity contribution >= 4 is 11.3 Å². The van der Waals surface area contributed by atoms with E-state index >= 15 is 0 Å². The van der Waals surface area contributed by atoms with Gasteiger partial charge in [-0.15, -0.1) is 11.3 Å². The van der Waals surface area contributed by atoms with Crippen LogP contribution in [0, 0.1) is 6.92 Å². The van der Waals surface area contributed by atoms with E-state index in [-0.39, 0.29) is 0 Å². The molecular formula is C17H19N5S. The summed E-state index contributed by atoms with van der Waals surface area (Å²) in [6.45, 7) is 4.89. The summed E-state index contributed by atoms with van der Waals surface area (Å²) in [5, 5.41) is 6.49. The minimum absolute atomic E-state index is 0.856. The lowest BCUT2D eigenvalue weighted by atomic mass is 10.1. The average molecular weight is 325 g/mol. The van der Waals surface area contributed by atoms with Crippen LogP contribution in [0.1, 0.15) is 22.6 Å². The second-order valence-corrected chi connectivity index (χ2v) is 6.95. The lowest BCUT2D eigenvalue weighted by Crippen LogP contribution is -2.31. The highest BCUT2D eigenvalue weighted by Gasteiger charge is 2.20. The van der Waals surface area contributed by atoms with Crippen molar-refractivity contribution in [3.05, 3.63) is 52.4 Å². The van der Waals surface area contributed by atoms with Crippen molar-refractivity contribution in [3.63, 3.8) is 0 Å². The van der Waals surface area contributed by atoms with Gasteiger partial charge in [0, 0.05) is 44.9 Å². The molecule has 5 nitrogen and oxygen atoms in total. The van der Waals surface area contributed by atoms with E-state index in [1.54, 1.807) is 11.3 Å². The van der Waals surface area contributed by atoms with E-state index < -0.39 is 0 Å². The Hall–Kier alpha value is -2.05. The summed E-state index contributed by atoms with van der Waals surface area (Å²) in [4.78, 5) is 12.9. The van der Waals surface area contributed by atoms with Crippen LogP contribution in [0.15, 0.2) is 29.8 Å². The van der Waals surface area contributed by atoms with Gasteiger partial charge in [0.25, 0.3) is 0 Å². The van der Waals surface area contributed by atoms with Gasteiger partial charge in [0.1, 0.15) is 0 Å². The fourth-order valence-corrected chi connectivity index (χ4v) is 3.74. The Bertz CT molecular complexity index is 822. The first-order valence-electron chi connectivity index (χ1n) is 7.79. The molecule has 0 bridgehead atoms. The second kappa shape index (κ2) is 5.86. The third kappa shape index (κ3) is 2.92. The quantitative estimate of drug-likeness (QED) is 0.743. The minimum atomic E-state index is 0.856. The maximum Gasteiger partial charge on any atom is 0.169 e. The van der Waals surface area contributed by atoms with Gasteiger partial charge in [-0.05, 0) is 24.4 Å². The Morgan fingerprint density at radius 1 is 1.35 bits per heavy atom. The molecule has 3 aromatic heterocycles. The largest absolute Gasteiger partial charge is 0.293 e. The van der Waals surface area contributed by atoms with E-state index in [1.807, 2.05) is 30.9 Å². The highest BCUT2D eigenvalue weighted by Crippen LogP contribution is 2.24. The van der Waals surface area contributed by atoms with Gasteiger partial charge in [0.05, 0.1) is 22.0 Å². The molecule has 0 radical (unpaired) electrons. The number of nitrogens with zero attached hydrogens (tertiary/aromatic N) is 5. The van der Waals surface area contributed by atoms with E-state index in [0.29, 0.717) is 0 Å². The zero-order valence-electron chi connectivity index (χ0n) is 13.4. The first kappa shape index (κ1) is 14.5. The maximum absolute atomic E-state index is 4.77. The SMILES string of the molecule is Cc1cc(CN2CCc3nc(-c4cccs4)ncc3C2)n(C)n1. The summed E-state index contributed by atoms with van der Waals surface area (Å²) in [6.07, 6.45) is 2.98. The molecule has 6 heteroatoms. The van der Waals surface area contributed by atoms with Crippen LogP contribution in [-0.4, -0.2) is 31.2 Å². The van der Waals surface area contributed by atoms with Crippen LogP contribution in [0.4, 0.5) is 0 Å². The smallest absolute Gasteiger partial charge is 0.169 e. The fourth-order valence-electron chi connectivity index (χ4n) is 3.08. The van der Waals surface area contributed by atoms with E-state index in [9.17, 15) is 0 Å². The molecule has 0 saturated heterocycles. The Morgan fingerprint density at radius 2 is 2.26 bits per heavy atom. The predicted octanol–water partition coefficient (Wildman–Crippen LogP) is 2.81. The highest BCUT2D eigenvalue weighted by atomic mass is 32.1. The van der Waals surface area contributed by atoms with Crippen LogP contribution in [0.25, 0.3) is 10.7 Å². The molecule has 4 heterocycles. The first-order valence-corrected chi connectivity index (χ1v) is 8.67. The predicted molar refractivity (Wildman–Crippen MR) is 91.1 cm³/mol. The standard InChI is InChI=1S/C17H19N5S/c1-12-8-14(21(2)20-12)11-22-6-5-15-13(10-22)9-18-17(19-15)16-4-3-7-23-16/h3-4,7-9H,5-6,10-11H2,1-2H3. The molecule has 0 aromatic carbocycles. The van der Waals surface area contributed by atoms with Gasteiger partial charge in [0.15, 0.2) is 5.82 Å². The van der Waals surface area contributed by atoms with Gasteiger partial charge < -0.3 is 0 Å². The van der Waals surface area contributed by atoms with Gasteiger partial charge in [-0.25, -0.2) is 9.97 Å². The number of fused-ring (bicyclic) bond motifs is 1. The van der Waals surface area contributed by atoms with Crippen molar-refractivity contribution in [2.24, 2.45) is 7.05 Å². The summed E-state index contributed by atoms with van der Waals surface area (Å²) < 4.78 is 1.97. The minimum Gasteiger partial charge on any atom is -0.293 e. The Balaban J connectivity index is 1.52. The van der Waals surface area contributed by atoms with Crippen LogP contribution < -0.4 is 0 Å². The van der Waals surface area contributed by atoms with Gasteiger partial charge in [0.2, 0.25) is 0 Å². The molecule has 0 unspecified atom stereocenters. The molecule has 4 rings (SSSR count). The lowest BCUT2D eigenvalue weighted by molar-refractivity contribution is 0.236. The summed E-state index contributed by atoms with van der Waals surface area (Å²) >= 11 is 1.69. The number of hydrogen-bond acceptors (Lipinski definition) is 5. The fraction of sp³-hybridized carbons (Fsp3) is 0.353. The van der Waals surface area contributed by atoms with Crippen molar-refractivity contribution < 1.29 is 0 Å². The Morgan fingerprint density at radius 3 is 3.00 bits per heavy atom. The Labute approximate surface area is 139 Å². The van der Waals surface area contributed by atoms with Crippen molar-refractivity contribution in [3.8, 4) is 10.7 Å². The summed E-state index contributed by atoms with van der Waals surface area (Å²) in [6, 6.07) is 6.28. The second-order valence-electron chi connectivity index (χ2n) is 6.00. The molecule has 3 aromatic rings. The van der Waals surface area contributed by atoms with E-state index in [2.05, 4.69) is 32.5 Å². The number of aromatic nitrogens is 4. The molecule has 1 aliphatic rings. The molecule has 0 amide bonds. The highest BCUT2D eigenvalue weighted by molar-refractivity contribution is 7.13. The molecule has 0 N–H and O–H groups in total. The van der Waals surface area contributed by atoms with Gasteiger partial charge >= 0.3 is 0 Å². The zero-order valence-corrected chi connectivity index (χ0v) is 14.2. The van der Waals surface area contributed by atoms with Gasteiger partial charge in [-0.2, -0.15) is 5.10 Å². The van der Waals surface area contributed by atoms with Gasteiger partial charge in [-0.3, -0.25) is 9.58 Å². The Kier molecular flexibility index (Phi) is 3.71. The van der Waals surface area contributed by atoms with Crippen molar-refractivity contribution in [2.45, 2.75) is 26.4 Å². The van der Waals surface area contributed by atoms with Gasteiger partial charge in [-0.1, -0.05) is 6.07 Å². The van der Waals surface area contributed by atoms with Crippen molar-refractivity contribution in [1.29, 1.82) is 0 Å². The average Bonchev–Trinajstić information content (AvgIpc) is 3.17. The number of hydrogen-bond donors (Lipinski definition) is 0. The topological polar surface area (TPSA) is 46.8 Å².